The Morgan fingerprint density at radius 1 is 1.15 bits per heavy atom. The number of nitrogens with zero attached hydrogens (tertiary/aromatic N) is 5. The van der Waals surface area contributed by atoms with Gasteiger partial charge in [-0.1, -0.05) is 18.2 Å². The molecule has 6 rings (SSSR count). The van der Waals surface area contributed by atoms with E-state index in [1.807, 2.05) is 18.1 Å². The minimum atomic E-state index is 0.186. The number of piperazine rings is 1. The van der Waals surface area contributed by atoms with Crippen molar-refractivity contribution < 1.29 is 4.79 Å². The molecule has 1 aliphatic carbocycles. The van der Waals surface area contributed by atoms with E-state index in [1.54, 1.807) is 0 Å². The number of hydrogen-bond acceptors (Lipinski definition) is 5. The van der Waals surface area contributed by atoms with Gasteiger partial charge in [0.15, 0.2) is 0 Å². The van der Waals surface area contributed by atoms with Crippen molar-refractivity contribution in [2.24, 2.45) is 0 Å². The number of hydrogen-bond donors (Lipinski definition) is 1. The summed E-state index contributed by atoms with van der Waals surface area (Å²) < 4.78 is 0. The number of rotatable bonds is 4. The van der Waals surface area contributed by atoms with Gasteiger partial charge in [-0.25, -0.2) is 4.79 Å². The van der Waals surface area contributed by atoms with Gasteiger partial charge in [-0.2, -0.15) is 0 Å². The highest BCUT2D eigenvalue weighted by atomic mass is 16.2. The van der Waals surface area contributed by atoms with Gasteiger partial charge in [0.2, 0.25) is 0 Å². The summed E-state index contributed by atoms with van der Waals surface area (Å²) in [4.78, 5) is 26.1. The molecule has 4 aliphatic rings. The first-order chi connectivity index (χ1) is 16.6. The lowest BCUT2D eigenvalue weighted by atomic mass is 9.89. The van der Waals surface area contributed by atoms with Crippen LogP contribution in [0.5, 0.6) is 0 Å². The average Bonchev–Trinajstić information content (AvgIpc) is 3.15. The Balaban J connectivity index is 1.17. The number of urea groups is 1. The fourth-order valence-corrected chi connectivity index (χ4v) is 6.61. The Hall–Kier alpha value is -2.64. The molecule has 0 saturated carbocycles. The lowest BCUT2D eigenvalue weighted by molar-refractivity contribution is 0.186. The van der Waals surface area contributed by atoms with Crippen LogP contribution in [0.3, 0.4) is 0 Å². The summed E-state index contributed by atoms with van der Waals surface area (Å²) in [5, 5.41) is 3.81. The summed E-state index contributed by atoms with van der Waals surface area (Å²) >= 11 is 0. The summed E-state index contributed by atoms with van der Waals surface area (Å²) in [6.07, 6.45) is 6.57. The number of benzene rings is 1. The molecular weight excluding hydrogens is 424 g/mol. The molecule has 1 aromatic carbocycles. The van der Waals surface area contributed by atoms with E-state index >= 15 is 0 Å². The van der Waals surface area contributed by atoms with Gasteiger partial charge < -0.3 is 20.0 Å². The topological polar surface area (TPSA) is 55.0 Å². The molecule has 2 amide bonds. The van der Waals surface area contributed by atoms with Crippen molar-refractivity contribution in [3.05, 3.63) is 58.9 Å². The number of anilines is 1. The van der Waals surface area contributed by atoms with Crippen LogP contribution in [-0.4, -0.2) is 84.6 Å². The minimum absolute atomic E-state index is 0.186. The van der Waals surface area contributed by atoms with E-state index in [4.69, 9.17) is 4.98 Å². The second-order valence-electron chi connectivity index (χ2n) is 10.5. The van der Waals surface area contributed by atoms with Crippen molar-refractivity contribution in [2.45, 2.75) is 50.4 Å². The Morgan fingerprint density at radius 2 is 2.03 bits per heavy atom. The molecule has 0 unspecified atom stereocenters. The lowest BCUT2D eigenvalue weighted by Crippen LogP contribution is -2.52. The first kappa shape index (κ1) is 21.9. The summed E-state index contributed by atoms with van der Waals surface area (Å²) in [5.74, 6) is 0. The number of aryl methyl sites for hydroxylation is 1. The number of fused-ring (bicyclic) bond motifs is 3. The first-order valence-corrected chi connectivity index (χ1v) is 12.8. The number of nitrogens with one attached hydrogen (secondary N) is 1. The maximum absolute atomic E-state index is 12.4. The molecule has 2 saturated heterocycles. The number of likely N-dealkylation sites (N-methyl/N-ethyl adjacent to an activating group) is 2. The Labute approximate surface area is 202 Å². The molecule has 3 aliphatic heterocycles. The summed E-state index contributed by atoms with van der Waals surface area (Å²) in [5.41, 5.74) is 6.99. The maximum Gasteiger partial charge on any atom is 0.320 e. The van der Waals surface area contributed by atoms with Crippen molar-refractivity contribution in [3.63, 3.8) is 0 Å². The van der Waals surface area contributed by atoms with E-state index in [0.717, 1.165) is 52.1 Å². The van der Waals surface area contributed by atoms with Crippen LogP contribution in [0.25, 0.3) is 0 Å². The van der Waals surface area contributed by atoms with Crippen LogP contribution in [0, 0.1) is 0 Å². The van der Waals surface area contributed by atoms with E-state index in [2.05, 4.69) is 57.4 Å². The smallest absolute Gasteiger partial charge is 0.320 e. The van der Waals surface area contributed by atoms with Crippen LogP contribution < -0.4 is 10.2 Å². The van der Waals surface area contributed by atoms with E-state index in [1.165, 1.54) is 40.9 Å². The van der Waals surface area contributed by atoms with Gasteiger partial charge in [-0.3, -0.25) is 9.88 Å². The third-order valence-corrected chi connectivity index (χ3v) is 8.37. The van der Waals surface area contributed by atoms with Gasteiger partial charge in [0, 0.05) is 64.2 Å². The molecule has 1 N–H and O–H groups in total. The molecule has 1 aromatic heterocycles. The fraction of sp³-hybridized carbons (Fsp3) is 0.556. The zero-order valence-corrected chi connectivity index (χ0v) is 20.4. The van der Waals surface area contributed by atoms with Crippen LogP contribution in [0.1, 0.15) is 41.3 Å². The SMILES string of the molecule is CN1C[C@@H]2CN(c3cccc4c3C[C@H](CN(C)[C@H]3CCCc5cccnc53)NC4)CCN2C1=O. The average molecular weight is 461 g/mol. The first-order valence-electron chi connectivity index (χ1n) is 12.8. The number of amides is 2. The third-order valence-electron chi connectivity index (χ3n) is 8.37. The van der Waals surface area contributed by atoms with Crippen molar-refractivity contribution in [1.29, 1.82) is 0 Å². The molecular formula is C27H36N6O. The van der Waals surface area contributed by atoms with Crippen LogP contribution in [0.4, 0.5) is 10.5 Å². The molecule has 4 heterocycles. The van der Waals surface area contributed by atoms with Crippen LogP contribution in [0.2, 0.25) is 0 Å². The largest absolute Gasteiger partial charge is 0.367 e. The van der Waals surface area contributed by atoms with Crippen LogP contribution >= 0.6 is 0 Å². The van der Waals surface area contributed by atoms with Crippen LogP contribution in [0.15, 0.2) is 36.5 Å². The number of carbonyl (C=O) groups excluding carboxylic acids is 1. The predicted molar refractivity (Wildman–Crippen MR) is 134 cm³/mol. The molecule has 0 bridgehead atoms. The summed E-state index contributed by atoms with van der Waals surface area (Å²) in [6.45, 7) is 5.42. The molecule has 34 heavy (non-hydrogen) atoms. The van der Waals surface area contributed by atoms with E-state index in [0.29, 0.717) is 18.1 Å². The second kappa shape index (κ2) is 8.86. The van der Waals surface area contributed by atoms with E-state index in [-0.39, 0.29) is 6.03 Å². The molecule has 7 heteroatoms. The van der Waals surface area contributed by atoms with Crippen molar-refractivity contribution in [3.8, 4) is 0 Å². The Bertz CT molecular complexity index is 1070. The molecule has 2 aromatic rings. The molecule has 0 radical (unpaired) electrons. The zero-order valence-electron chi connectivity index (χ0n) is 20.4. The minimum Gasteiger partial charge on any atom is -0.367 e. The Morgan fingerprint density at radius 3 is 2.94 bits per heavy atom. The normalized spacial score (nSPS) is 26.5. The second-order valence-corrected chi connectivity index (χ2v) is 10.5. The fourth-order valence-electron chi connectivity index (χ4n) is 6.61. The Kier molecular flexibility index (Phi) is 5.70. The van der Waals surface area contributed by atoms with Gasteiger partial charge in [0.1, 0.15) is 0 Å². The quantitative estimate of drug-likeness (QED) is 0.760. The number of pyridine rings is 1. The van der Waals surface area contributed by atoms with Gasteiger partial charge in [-0.15, -0.1) is 0 Å². The van der Waals surface area contributed by atoms with Crippen molar-refractivity contribution in [2.75, 3.05) is 51.7 Å². The highest BCUT2D eigenvalue weighted by Gasteiger charge is 2.39. The molecule has 3 atom stereocenters. The molecule has 180 valence electrons. The number of aromatic nitrogens is 1. The standard InChI is InChI=1S/C27H36N6O/c1-30(25-10-3-6-19-8-5-11-28-26(19)25)16-21-14-23-20(15-29-21)7-4-9-24(23)32-12-13-33-22(18-32)17-31(2)27(33)34/h4-5,7-9,11,21-22,25,29H,3,6,10,12-18H2,1-2H3/t21-,22-,25+/m1/s1. The monoisotopic (exact) mass is 460 g/mol. The van der Waals surface area contributed by atoms with Crippen molar-refractivity contribution >= 4 is 11.7 Å². The molecule has 7 nitrogen and oxygen atoms in total. The highest BCUT2D eigenvalue weighted by Crippen LogP contribution is 2.34. The maximum atomic E-state index is 12.4. The molecule has 0 spiro atoms. The van der Waals surface area contributed by atoms with E-state index < -0.39 is 0 Å². The third kappa shape index (κ3) is 3.85. The lowest BCUT2D eigenvalue weighted by Gasteiger charge is -2.40. The predicted octanol–water partition coefficient (Wildman–Crippen LogP) is 2.66. The van der Waals surface area contributed by atoms with Gasteiger partial charge >= 0.3 is 6.03 Å². The summed E-state index contributed by atoms with van der Waals surface area (Å²) in [6, 6.07) is 12.4. The van der Waals surface area contributed by atoms with Crippen LogP contribution in [-0.2, 0) is 19.4 Å². The molecule has 2 fully saturated rings. The van der Waals surface area contributed by atoms with Gasteiger partial charge in [0.25, 0.3) is 0 Å². The summed E-state index contributed by atoms with van der Waals surface area (Å²) in [7, 11) is 4.19. The highest BCUT2D eigenvalue weighted by molar-refractivity contribution is 5.77. The zero-order chi connectivity index (χ0) is 23.2. The van der Waals surface area contributed by atoms with Crippen molar-refractivity contribution in [1.82, 2.24) is 25.0 Å². The number of carbonyl (C=O) groups is 1. The van der Waals surface area contributed by atoms with Gasteiger partial charge in [-0.05, 0) is 61.6 Å². The van der Waals surface area contributed by atoms with E-state index in [9.17, 15) is 4.79 Å². The van der Waals surface area contributed by atoms with Gasteiger partial charge in [0.05, 0.1) is 17.8 Å².